The van der Waals surface area contributed by atoms with Gasteiger partial charge in [-0.05, 0) is 18.8 Å². The molecule has 1 aliphatic rings. The van der Waals surface area contributed by atoms with Gasteiger partial charge in [0.15, 0.2) is 5.82 Å². The summed E-state index contributed by atoms with van der Waals surface area (Å²) >= 11 is 0. The number of aryl methyl sites for hydroxylation is 1. The fourth-order valence-electron chi connectivity index (χ4n) is 2.26. The average Bonchev–Trinajstić information content (AvgIpc) is 2.72. The molecule has 17 heavy (non-hydrogen) atoms. The highest BCUT2D eigenvalue weighted by Gasteiger charge is 2.24. The summed E-state index contributed by atoms with van der Waals surface area (Å²) < 4.78 is 5.18. The molecule has 1 aromatic heterocycles. The van der Waals surface area contributed by atoms with E-state index in [2.05, 4.69) is 28.9 Å². The van der Waals surface area contributed by atoms with Gasteiger partial charge in [-0.25, -0.2) is 0 Å². The number of rotatable bonds is 4. The lowest BCUT2D eigenvalue weighted by Crippen LogP contribution is -2.45. The smallest absolute Gasteiger partial charge is 0.226 e. The van der Waals surface area contributed by atoms with Crippen LogP contribution in [0.5, 0.6) is 0 Å². The summed E-state index contributed by atoms with van der Waals surface area (Å²) in [5.74, 6) is 2.10. The van der Waals surface area contributed by atoms with Crippen molar-refractivity contribution in [1.29, 1.82) is 0 Å². The van der Waals surface area contributed by atoms with E-state index in [-0.39, 0.29) is 0 Å². The summed E-state index contributed by atoms with van der Waals surface area (Å²) in [4.78, 5) is 6.74. The maximum absolute atomic E-state index is 6.00. The molecule has 1 aromatic rings. The van der Waals surface area contributed by atoms with Crippen molar-refractivity contribution >= 4 is 0 Å². The van der Waals surface area contributed by atoms with Crippen molar-refractivity contribution in [3.63, 3.8) is 0 Å². The van der Waals surface area contributed by atoms with Gasteiger partial charge in [-0.3, -0.25) is 4.90 Å². The molecule has 2 heterocycles. The molecule has 96 valence electrons. The molecule has 2 rings (SSSR count). The molecular weight excluding hydrogens is 216 g/mol. The molecule has 0 saturated carbocycles. The van der Waals surface area contributed by atoms with Crippen LogP contribution in [0.25, 0.3) is 0 Å². The van der Waals surface area contributed by atoms with Gasteiger partial charge in [0.05, 0.1) is 6.54 Å². The van der Waals surface area contributed by atoms with E-state index in [0.29, 0.717) is 12.0 Å². The Hall–Kier alpha value is -0.940. The van der Waals surface area contributed by atoms with Crippen molar-refractivity contribution in [2.45, 2.75) is 45.7 Å². The van der Waals surface area contributed by atoms with Crippen LogP contribution >= 0.6 is 0 Å². The minimum Gasteiger partial charge on any atom is -0.339 e. The Balaban J connectivity index is 1.87. The Morgan fingerprint density at radius 3 is 3.06 bits per heavy atom. The first-order chi connectivity index (χ1) is 8.19. The molecular formula is C12H22N4O. The van der Waals surface area contributed by atoms with Crippen LogP contribution in [0.1, 0.15) is 38.4 Å². The van der Waals surface area contributed by atoms with Crippen LogP contribution in [-0.4, -0.2) is 34.2 Å². The number of nitrogens with zero attached hydrogens (tertiary/aromatic N) is 3. The minimum atomic E-state index is 0.340. The van der Waals surface area contributed by atoms with Gasteiger partial charge >= 0.3 is 0 Å². The van der Waals surface area contributed by atoms with Crippen LogP contribution in [0.2, 0.25) is 0 Å². The Morgan fingerprint density at radius 1 is 1.53 bits per heavy atom. The van der Waals surface area contributed by atoms with Gasteiger partial charge in [-0.1, -0.05) is 19.0 Å². The molecule has 2 atom stereocenters. The van der Waals surface area contributed by atoms with Gasteiger partial charge in [-0.15, -0.1) is 0 Å². The van der Waals surface area contributed by atoms with Crippen molar-refractivity contribution < 1.29 is 4.52 Å². The van der Waals surface area contributed by atoms with E-state index < -0.39 is 0 Å². The van der Waals surface area contributed by atoms with Gasteiger partial charge in [0.25, 0.3) is 0 Å². The standard InChI is InChI=1S/C12H22N4O/c1-3-4-12-14-11(15-17-12)8-16-6-5-10(13)9(2)7-16/h9-10H,3-8,13H2,1-2H3. The second-order valence-corrected chi connectivity index (χ2v) is 5.02. The van der Waals surface area contributed by atoms with Gasteiger partial charge in [0.1, 0.15) is 0 Å². The van der Waals surface area contributed by atoms with E-state index in [9.17, 15) is 0 Å². The highest BCUT2D eigenvalue weighted by atomic mass is 16.5. The summed E-state index contributed by atoms with van der Waals surface area (Å²) in [5.41, 5.74) is 6.00. The zero-order chi connectivity index (χ0) is 12.3. The first-order valence-electron chi connectivity index (χ1n) is 6.48. The molecule has 0 aromatic carbocycles. The van der Waals surface area contributed by atoms with Gasteiger partial charge in [0, 0.05) is 25.6 Å². The lowest BCUT2D eigenvalue weighted by molar-refractivity contribution is 0.153. The highest BCUT2D eigenvalue weighted by molar-refractivity contribution is 4.89. The maximum Gasteiger partial charge on any atom is 0.226 e. The summed E-state index contributed by atoms with van der Waals surface area (Å²) in [6.45, 7) is 7.15. The Labute approximate surface area is 102 Å². The third-order valence-corrected chi connectivity index (χ3v) is 3.39. The van der Waals surface area contributed by atoms with Crippen LogP contribution in [0, 0.1) is 5.92 Å². The van der Waals surface area contributed by atoms with Crippen LogP contribution < -0.4 is 5.73 Å². The molecule has 5 heteroatoms. The summed E-state index contributed by atoms with van der Waals surface area (Å²) in [7, 11) is 0. The second-order valence-electron chi connectivity index (χ2n) is 5.02. The average molecular weight is 238 g/mol. The van der Waals surface area contributed by atoms with E-state index >= 15 is 0 Å². The maximum atomic E-state index is 6.00. The van der Waals surface area contributed by atoms with Crippen molar-refractivity contribution in [3.8, 4) is 0 Å². The number of aromatic nitrogens is 2. The molecule has 1 aliphatic heterocycles. The number of likely N-dealkylation sites (tertiary alicyclic amines) is 1. The van der Waals surface area contributed by atoms with Crippen molar-refractivity contribution in [2.75, 3.05) is 13.1 Å². The van der Waals surface area contributed by atoms with Crippen molar-refractivity contribution in [1.82, 2.24) is 15.0 Å². The molecule has 0 spiro atoms. The van der Waals surface area contributed by atoms with Crippen LogP contribution in [0.4, 0.5) is 0 Å². The molecule has 0 radical (unpaired) electrons. The third-order valence-electron chi connectivity index (χ3n) is 3.39. The first-order valence-corrected chi connectivity index (χ1v) is 6.48. The Bertz CT molecular complexity index is 352. The monoisotopic (exact) mass is 238 g/mol. The van der Waals surface area contributed by atoms with E-state index in [4.69, 9.17) is 10.3 Å². The Morgan fingerprint density at radius 2 is 2.35 bits per heavy atom. The quantitative estimate of drug-likeness (QED) is 0.853. The third kappa shape index (κ3) is 3.26. The van der Waals surface area contributed by atoms with E-state index in [1.54, 1.807) is 0 Å². The van der Waals surface area contributed by atoms with E-state index in [1.807, 2.05) is 0 Å². The van der Waals surface area contributed by atoms with Crippen molar-refractivity contribution in [2.24, 2.45) is 11.7 Å². The summed E-state index contributed by atoms with van der Waals surface area (Å²) in [6, 6.07) is 0.340. The normalized spacial score (nSPS) is 26.3. The number of nitrogens with two attached hydrogens (primary N) is 1. The molecule has 2 unspecified atom stereocenters. The van der Waals surface area contributed by atoms with Crippen LogP contribution in [-0.2, 0) is 13.0 Å². The zero-order valence-electron chi connectivity index (χ0n) is 10.7. The van der Waals surface area contributed by atoms with E-state index in [0.717, 1.165) is 50.6 Å². The van der Waals surface area contributed by atoms with Crippen LogP contribution in [0.15, 0.2) is 4.52 Å². The van der Waals surface area contributed by atoms with Gasteiger partial charge < -0.3 is 10.3 Å². The molecule has 1 fully saturated rings. The minimum absolute atomic E-state index is 0.340. The highest BCUT2D eigenvalue weighted by Crippen LogP contribution is 2.16. The molecule has 0 aliphatic carbocycles. The Kier molecular flexibility index (Phi) is 4.12. The van der Waals surface area contributed by atoms with E-state index in [1.165, 1.54) is 0 Å². The predicted octanol–water partition coefficient (Wildman–Crippen LogP) is 1.19. The first kappa shape index (κ1) is 12.5. The number of piperidine rings is 1. The molecule has 5 nitrogen and oxygen atoms in total. The van der Waals surface area contributed by atoms with Gasteiger partial charge in [0.2, 0.25) is 5.89 Å². The zero-order valence-corrected chi connectivity index (χ0v) is 10.7. The fourth-order valence-corrected chi connectivity index (χ4v) is 2.26. The number of hydrogen-bond donors (Lipinski definition) is 1. The lowest BCUT2D eigenvalue weighted by atomic mass is 9.95. The van der Waals surface area contributed by atoms with Gasteiger partial charge in [-0.2, -0.15) is 4.98 Å². The second kappa shape index (κ2) is 5.60. The fraction of sp³-hybridized carbons (Fsp3) is 0.833. The molecule has 0 bridgehead atoms. The topological polar surface area (TPSA) is 68.2 Å². The molecule has 1 saturated heterocycles. The van der Waals surface area contributed by atoms with Crippen molar-refractivity contribution in [3.05, 3.63) is 11.7 Å². The number of hydrogen-bond acceptors (Lipinski definition) is 5. The lowest BCUT2D eigenvalue weighted by Gasteiger charge is -2.34. The largest absolute Gasteiger partial charge is 0.339 e. The summed E-state index contributed by atoms with van der Waals surface area (Å²) in [5, 5.41) is 4.01. The predicted molar refractivity (Wildman–Crippen MR) is 65.3 cm³/mol. The molecule has 2 N–H and O–H groups in total. The van der Waals surface area contributed by atoms with Crippen LogP contribution in [0.3, 0.4) is 0 Å². The SMILES string of the molecule is CCCc1nc(CN2CCC(N)C(C)C2)no1. The summed E-state index contributed by atoms with van der Waals surface area (Å²) in [6.07, 6.45) is 2.96. The molecule has 0 amide bonds.